The highest BCUT2D eigenvalue weighted by Crippen LogP contribution is 2.25. The van der Waals surface area contributed by atoms with Crippen molar-refractivity contribution in [3.63, 3.8) is 0 Å². The highest BCUT2D eigenvalue weighted by Gasteiger charge is 2.33. The molecule has 4 nitrogen and oxygen atoms in total. The number of nitrogens with one attached hydrogen (secondary N) is 1. The molecule has 23 heavy (non-hydrogen) atoms. The van der Waals surface area contributed by atoms with E-state index in [9.17, 15) is 14.3 Å². The number of hydrogen-bond donors (Lipinski definition) is 2. The Hall–Kier alpha value is -1.46. The summed E-state index contributed by atoms with van der Waals surface area (Å²) in [7, 11) is 0. The van der Waals surface area contributed by atoms with Crippen molar-refractivity contribution in [2.24, 2.45) is 11.8 Å². The van der Waals surface area contributed by atoms with Crippen LogP contribution in [-0.4, -0.2) is 48.2 Å². The van der Waals surface area contributed by atoms with E-state index in [0.717, 1.165) is 31.5 Å². The number of piperidine rings is 2. The number of halogens is 1. The Morgan fingerprint density at radius 2 is 1.91 bits per heavy atom. The van der Waals surface area contributed by atoms with E-state index in [1.165, 1.54) is 12.1 Å². The smallest absolute Gasteiger partial charge is 0.225 e. The number of nitrogens with zero attached hydrogens (tertiary/aromatic N) is 1. The summed E-state index contributed by atoms with van der Waals surface area (Å²) in [5.41, 5.74) is 1.01. The van der Waals surface area contributed by atoms with Gasteiger partial charge in [0.05, 0.1) is 6.10 Å². The Bertz CT molecular complexity index is 528. The van der Waals surface area contributed by atoms with Gasteiger partial charge in [0.15, 0.2) is 0 Å². The molecule has 2 N–H and O–H groups in total. The van der Waals surface area contributed by atoms with Crippen LogP contribution < -0.4 is 5.32 Å². The fraction of sp³-hybridized carbons (Fsp3) is 0.611. The van der Waals surface area contributed by atoms with Crippen LogP contribution in [0.2, 0.25) is 0 Å². The van der Waals surface area contributed by atoms with Crippen LogP contribution in [0.15, 0.2) is 24.3 Å². The van der Waals surface area contributed by atoms with Crippen molar-refractivity contribution in [1.82, 2.24) is 10.2 Å². The number of aliphatic hydroxyl groups excluding tert-OH is 1. The quantitative estimate of drug-likeness (QED) is 0.889. The molecule has 2 heterocycles. The first-order chi connectivity index (χ1) is 11.1. The van der Waals surface area contributed by atoms with E-state index < -0.39 is 6.10 Å². The molecule has 0 saturated carbocycles. The second-order valence-electron chi connectivity index (χ2n) is 6.76. The Morgan fingerprint density at radius 1 is 1.22 bits per heavy atom. The average Bonchev–Trinajstić information content (AvgIpc) is 2.59. The van der Waals surface area contributed by atoms with Crippen LogP contribution in [0.5, 0.6) is 0 Å². The van der Waals surface area contributed by atoms with Crippen molar-refractivity contribution in [2.75, 3.05) is 26.2 Å². The van der Waals surface area contributed by atoms with Crippen molar-refractivity contribution in [3.8, 4) is 0 Å². The second-order valence-corrected chi connectivity index (χ2v) is 6.76. The van der Waals surface area contributed by atoms with Crippen molar-refractivity contribution in [1.29, 1.82) is 0 Å². The van der Waals surface area contributed by atoms with Crippen molar-refractivity contribution < 1.29 is 14.3 Å². The van der Waals surface area contributed by atoms with Crippen LogP contribution in [-0.2, 0) is 11.2 Å². The first kappa shape index (κ1) is 16.4. The highest BCUT2D eigenvalue weighted by atomic mass is 19.1. The van der Waals surface area contributed by atoms with Gasteiger partial charge in [-0.1, -0.05) is 12.1 Å². The first-order valence-electron chi connectivity index (χ1n) is 8.55. The van der Waals surface area contributed by atoms with Gasteiger partial charge in [-0.3, -0.25) is 4.79 Å². The Labute approximate surface area is 136 Å². The number of carbonyl (C=O) groups is 1. The maximum absolute atomic E-state index is 13.0. The van der Waals surface area contributed by atoms with Crippen molar-refractivity contribution in [3.05, 3.63) is 35.6 Å². The number of aliphatic hydroxyl groups is 1. The standard InChI is InChI=1S/C18H25FN2O2/c19-16-3-1-13(2-4-16)11-15-12-21(10-7-17(15)22)18(23)14-5-8-20-9-6-14/h1-4,14-15,17,20,22H,5-12H2/t15-,17-/m1/s1. The van der Waals surface area contributed by atoms with Crippen LogP contribution in [0, 0.1) is 17.7 Å². The number of amides is 1. The largest absolute Gasteiger partial charge is 0.393 e. The maximum atomic E-state index is 13.0. The van der Waals surface area contributed by atoms with Gasteiger partial charge >= 0.3 is 0 Å². The number of rotatable bonds is 3. The van der Waals surface area contributed by atoms with Crippen LogP contribution in [0.1, 0.15) is 24.8 Å². The lowest BCUT2D eigenvalue weighted by Gasteiger charge is -2.38. The molecule has 2 atom stereocenters. The molecule has 2 aliphatic rings. The molecule has 2 aliphatic heterocycles. The van der Waals surface area contributed by atoms with Gasteiger partial charge in [0.25, 0.3) is 0 Å². The van der Waals surface area contributed by atoms with E-state index in [0.29, 0.717) is 25.9 Å². The van der Waals surface area contributed by atoms with Gasteiger partial charge in [-0.05, 0) is 56.5 Å². The molecule has 1 aromatic rings. The minimum Gasteiger partial charge on any atom is -0.393 e. The Balaban J connectivity index is 1.61. The van der Waals surface area contributed by atoms with Crippen LogP contribution >= 0.6 is 0 Å². The third kappa shape index (κ3) is 4.09. The summed E-state index contributed by atoms with van der Waals surface area (Å²) in [5, 5.41) is 13.6. The van der Waals surface area contributed by atoms with E-state index in [-0.39, 0.29) is 23.6 Å². The van der Waals surface area contributed by atoms with E-state index >= 15 is 0 Å². The average molecular weight is 320 g/mol. The van der Waals surface area contributed by atoms with Gasteiger partial charge in [-0.2, -0.15) is 0 Å². The highest BCUT2D eigenvalue weighted by molar-refractivity contribution is 5.79. The summed E-state index contributed by atoms with van der Waals surface area (Å²) < 4.78 is 13.0. The van der Waals surface area contributed by atoms with Gasteiger partial charge in [-0.15, -0.1) is 0 Å². The summed E-state index contributed by atoms with van der Waals surface area (Å²) in [4.78, 5) is 14.6. The number of carbonyl (C=O) groups excluding carboxylic acids is 1. The monoisotopic (exact) mass is 320 g/mol. The molecule has 2 fully saturated rings. The molecule has 0 bridgehead atoms. The Kier molecular flexibility index (Phi) is 5.28. The topological polar surface area (TPSA) is 52.6 Å². The van der Waals surface area contributed by atoms with Gasteiger partial charge in [-0.25, -0.2) is 4.39 Å². The molecule has 2 saturated heterocycles. The molecule has 1 amide bonds. The normalized spacial score (nSPS) is 26.3. The molecule has 3 rings (SSSR count). The fourth-order valence-corrected chi connectivity index (χ4v) is 3.67. The fourth-order valence-electron chi connectivity index (χ4n) is 3.67. The second kappa shape index (κ2) is 7.41. The molecule has 5 heteroatoms. The molecule has 126 valence electrons. The molecular formula is C18H25FN2O2. The van der Waals surface area contributed by atoms with Gasteiger partial charge in [0.2, 0.25) is 5.91 Å². The van der Waals surface area contributed by atoms with Crippen molar-refractivity contribution in [2.45, 2.75) is 31.8 Å². The van der Waals surface area contributed by atoms with Crippen LogP contribution in [0.4, 0.5) is 4.39 Å². The predicted molar refractivity (Wildman–Crippen MR) is 86.4 cm³/mol. The third-order valence-electron chi connectivity index (χ3n) is 5.11. The predicted octanol–water partition coefficient (Wildman–Crippen LogP) is 1.58. The SMILES string of the molecule is O=C(C1CCNCC1)N1CC[C@@H](O)[C@H](Cc2ccc(F)cc2)C1. The van der Waals surface area contributed by atoms with E-state index in [2.05, 4.69) is 5.32 Å². The van der Waals surface area contributed by atoms with Crippen LogP contribution in [0.25, 0.3) is 0 Å². The zero-order valence-corrected chi connectivity index (χ0v) is 13.4. The van der Waals surface area contributed by atoms with Crippen LogP contribution in [0.3, 0.4) is 0 Å². The number of hydrogen-bond acceptors (Lipinski definition) is 3. The zero-order chi connectivity index (χ0) is 16.2. The molecule has 0 aliphatic carbocycles. The van der Waals surface area contributed by atoms with Gasteiger partial charge in [0, 0.05) is 24.9 Å². The summed E-state index contributed by atoms with van der Waals surface area (Å²) in [6, 6.07) is 6.41. The molecule has 0 unspecified atom stereocenters. The van der Waals surface area contributed by atoms with E-state index in [4.69, 9.17) is 0 Å². The molecule has 0 aromatic heterocycles. The number of likely N-dealkylation sites (tertiary alicyclic amines) is 1. The maximum Gasteiger partial charge on any atom is 0.225 e. The minimum atomic E-state index is -0.392. The van der Waals surface area contributed by atoms with Crippen molar-refractivity contribution >= 4 is 5.91 Å². The lowest BCUT2D eigenvalue weighted by molar-refractivity contribution is -0.140. The van der Waals surface area contributed by atoms with E-state index in [1.807, 2.05) is 4.90 Å². The minimum absolute atomic E-state index is 0.0277. The molecule has 0 radical (unpaired) electrons. The zero-order valence-electron chi connectivity index (χ0n) is 13.4. The number of benzene rings is 1. The Morgan fingerprint density at radius 3 is 2.61 bits per heavy atom. The third-order valence-corrected chi connectivity index (χ3v) is 5.11. The first-order valence-corrected chi connectivity index (χ1v) is 8.55. The molecule has 1 aromatic carbocycles. The van der Waals surface area contributed by atoms with Gasteiger partial charge < -0.3 is 15.3 Å². The molecular weight excluding hydrogens is 295 g/mol. The summed E-state index contributed by atoms with van der Waals surface area (Å²) in [5.74, 6) is 0.140. The van der Waals surface area contributed by atoms with E-state index in [1.54, 1.807) is 12.1 Å². The van der Waals surface area contributed by atoms with Gasteiger partial charge in [0.1, 0.15) is 5.82 Å². The molecule has 0 spiro atoms. The summed E-state index contributed by atoms with van der Waals surface area (Å²) >= 11 is 0. The summed E-state index contributed by atoms with van der Waals surface area (Å²) in [6.07, 6.45) is 2.72. The lowest BCUT2D eigenvalue weighted by Crippen LogP contribution is -2.49. The lowest BCUT2D eigenvalue weighted by atomic mass is 9.87. The summed E-state index contributed by atoms with van der Waals surface area (Å²) in [6.45, 7) is 3.06.